The third-order valence-corrected chi connectivity index (χ3v) is 9.45. The van der Waals surface area contributed by atoms with Crippen molar-refractivity contribution >= 4 is 56.1 Å². The van der Waals surface area contributed by atoms with Gasteiger partial charge < -0.3 is 9.88 Å². The van der Waals surface area contributed by atoms with Crippen LogP contribution in [0.2, 0.25) is 5.02 Å². The Kier molecular flexibility index (Phi) is 7.91. The molecule has 0 fully saturated rings. The van der Waals surface area contributed by atoms with Gasteiger partial charge in [-0.15, -0.1) is 27.5 Å². The van der Waals surface area contributed by atoms with Crippen molar-refractivity contribution in [3.8, 4) is 16.3 Å². The number of amides is 2. The summed E-state index contributed by atoms with van der Waals surface area (Å²) in [5.41, 5.74) is 4.56. The molecule has 3 heterocycles. The number of thiophene rings is 1. The Bertz CT molecular complexity index is 1710. The highest BCUT2D eigenvalue weighted by atomic mass is 35.5. The van der Waals surface area contributed by atoms with Crippen molar-refractivity contribution in [1.82, 2.24) is 25.1 Å². The van der Waals surface area contributed by atoms with Crippen LogP contribution in [0.15, 0.2) is 94.8 Å². The number of benzene rings is 2. The van der Waals surface area contributed by atoms with Gasteiger partial charge in [-0.2, -0.15) is 0 Å². The van der Waals surface area contributed by atoms with E-state index in [-0.39, 0.29) is 22.4 Å². The van der Waals surface area contributed by atoms with E-state index in [0.29, 0.717) is 20.5 Å². The van der Waals surface area contributed by atoms with E-state index in [2.05, 4.69) is 20.6 Å². The Labute approximate surface area is 237 Å². The summed E-state index contributed by atoms with van der Waals surface area (Å²) in [6, 6.07) is 21.0. The lowest BCUT2D eigenvalue weighted by Gasteiger charge is -2.06. The molecule has 2 amide bonds. The zero-order chi connectivity index (χ0) is 27.4. The average molecular weight is 598 g/mol. The van der Waals surface area contributed by atoms with E-state index >= 15 is 0 Å². The second kappa shape index (κ2) is 11.5. The molecule has 0 aliphatic heterocycles. The van der Waals surface area contributed by atoms with Crippen LogP contribution >= 0.6 is 34.3 Å². The van der Waals surface area contributed by atoms with E-state index < -0.39 is 15.9 Å². The molecule has 9 nitrogen and oxygen atoms in total. The first kappa shape index (κ1) is 26.8. The van der Waals surface area contributed by atoms with Crippen molar-refractivity contribution in [3.05, 3.63) is 112 Å². The van der Waals surface area contributed by atoms with Gasteiger partial charge in [-0.1, -0.05) is 11.6 Å². The molecule has 198 valence electrons. The average Bonchev–Trinajstić information content (AvgIpc) is 3.73. The molecule has 5 rings (SSSR count). The zero-order valence-electron chi connectivity index (χ0n) is 20.0. The molecule has 0 atom stereocenters. The SMILES string of the molecule is O=C(NCc1ccc(S(=O)(=O)NNC(=O)c2csc(-c3ccc(-n4cccc4)cc3)n2)s1)c1ccc(Cl)cc1. The van der Waals surface area contributed by atoms with Gasteiger partial charge in [0.05, 0.1) is 6.54 Å². The van der Waals surface area contributed by atoms with Crippen molar-refractivity contribution in [2.75, 3.05) is 0 Å². The lowest BCUT2D eigenvalue weighted by molar-refractivity contribution is 0.0937. The third kappa shape index (κ3) is 6.44. The predicted octanol–water partition coefficient (Wildman–Crippen LogP) is 4.87. The Balaban J connectivity index is 1.16. The molecule has 2 aromatic carbocycles. The minimum Gasteiger partial charge on any atom is -0.347 e. The first-order chi connectivity index (χ1) is 18.8. The van der Waals surface area contributed by atoms with Crippen LogP contribution in [0.4, 0.5) is 0 Å². The molecule has 0 unspecified atom stereocenters. The molecule has 0 spiro atoms. The molecule has 39 heavy (non-hydrogen) atoms. The van der Waals surface area contributed by atoms with Gasteiger partial charge in [0.1, 0.15) is 14.9 Å². The molecule has 0 aliphatic rings. The molecule has 0 aliphatic carbocycles. The quantitative estimate of drug-likeness (QED) is 0.209. The van der Waals surface area contributed by atoms with Crippen LogP contribution in [-0.2, 0) is 16.6 Å². The van der Waals surface area contributed by atoms with E-state index in [0.717, 1.165) is 22.6 Å². The number of carbonyl (C=O) groups is 2. The second-order valence-corrected chi connectivity index (χ2v) is 12.5. The lowest BCUT2D eigenvalue weighted by atomic mass is 10.2. The van der Waals surface area contributed by atoms with Crippen LogP contribution in [0.25, 0.3) is 16.3 Å². The number of hydrazine groups is 1. The fourth-order valence-electron chi connectivity index (χ4n) is 3.49. The number of aromatic nitrogens is 2. The maximum Gasteiger partial charge on any atom is 0.285 e. The van der Waals surface area contributed by atoms with Crippen LogP contribution in [0.1, 0.15) is 25.7 Å². The Morgan fingerprint density at radius 1 is 0.923 bits per heavy atom. The van der Waals surface area contributed by atoms with E-state index in [1.54, 1.807) is 35.7 Å². The normalized spacial score (nSPS) is 11.3. The second-order valence-electron chi connectivity index (χ2n) is 8.15. The van der Waals surface area contributed by atoms with Crippen molar-refractivity contribution < 1.29 is 18.0 Å². The van der Waals surface area contributed by atoms with E-state index in [9.17, 15) is 18.0 Å². The minimum atomic E-state index is -4.03. The largest absolute Gasteiger partial charge is 0.347 e. The van der Waals surface area contributed by atoms with Crippen LogP contribution in [0, 0.1) is 0 Å². The molecule has 13 heteroatoms. The number of carbonyl (C=O) groups excluding carboxylic acids is 2. The molecule has 0 saturated carbocycles. The van der Waals surface area contributed by atoms with Gasteiger partial charge in [0.15, 0.2) is 0 Å². The fourth-order valence-corrected chi connectivity index (χ4v) is 6.56. The topological polar surface area (TPSA) is 122 Å². The minimum absolute atomic E-state index is 0.0136. The zero-order valence-corrected chi connectivity index (χ0v) is 23.2. The molecule has 0 radical (unpaired) electrons. The van der Waals surface area contributed by atoms with Gasteiger partial charge in [-0.05, 0) is 72.8 Å². The van der Waals surface area contributed by atoms with Crippen LogP contribution in [0.3, 0.4) is 0 Å². The van der Waals surface area contributed by atoms with Gasteiger partial charge in [0, 0.05) is 44.5 Å². The first-order valence-corrected chi connectivity index (χ1v) is 15.0. The van der Waals surface area contributed by atoms with E-state index in [1.165, 1.54) is 17.4 Å². The monoisotopic (exact) mass is 597 g/mol. The van der Waals surface area contributed by atoms with Crippen molar-refractivity contribution in [2.24, 2.45) is 0 Å². The number of hydrogen-bond donors (Lipinski definition) is 3. The summed E-state index contributed by atoms with van der Waals surface area (Å²) in [4.78, 5) is 31.9. The molecule has 3 aromatic heterocycles. The summed E-state index contributed by atoms with van der Waals surface area (Å²) < 4.78 is 27.4. The highest BCUT2D eigenvalue weighted by Gasteiger charge is 2.20. The summed E-state index contributed by atoms with van der Waals surface area (Å²) in [5, 5.41) is 5.44. The smallest absolute Gasteiger partial charge is 0.285 e. The summed E-state index contributed by atoms with van der Waals surface area (Å²) in [6.07, 6.45) is 3.89. The summed E-state index contributed by atoms with van der Waals surface area (Å²) in [5.74, 6) is -0.994. The number of nitrogens with one attached hydrogen (secondary N) is 3. The van der Waals surface area contributed by atoms with Crippen LogP contribution in [0.5, 0.6) is 0 Å². The van der Waals surface area contributed by atoms with E-state index in [1.807, 2.05) is 53.4 Å². The van der Waals surface area contributed by atoms with Crippen molar-refractivity contribution in [1.29, 1.82) is 0 Å². The molecular formula is C26H20ClN5O4S3. The predicted molar refractivity (Wildman–Crippen MR) is 152 cm³/mol. The van der Waals surface area contributed by atoms with Gasteiger partial charge in [-0.3, -0.25) is 15.0 Å². The number of hydrogen-bond acceptors (Lipinski definition) is 7. The molecule has 0 bridgehead atoms. The van der Waals surface area contributed by atoms with Crippen molar-refractivity contribution in [2.45, 2.75) is 10.8 Å². The van der Waals surface area contributed by atoms with Crippen LogP contribution in [-0.4, -0.2) is 29.8 Å². The molecule has 3 N–H and O–H groups in total. The Hall–Kier alpha value is -3.81. The molecule has 0 saturated heterocycles. The maximum absolute atomic E-state index is 12.7. The Morgan fingerprint density at radius 3 is 2.36 bits per heavy atom. The van der Waals surface area contributed by atoms with Gasteiger partial charge in [0.2, 0.25) is 0 Å². The third-order valence-electron chi connectivity index (χ3n) is 5.48. The highest BCUT2D eigenvalue weighted by molar-refractivity contribution is 7.91. The number of thiazole rings is 1. The maximum atomic E-state index is 12.7. The van der Waals surface area contributed by atoms with Gasteiger partial charge >= 0.3 is 0 Å². The van der Waals surface area contributed by atoms with Gasteiger partial charge in [-0.25, -0.2) is 13.4 Å². The van der Waals surface area contributed by atoms with Gasteiger partial charge in [0.25, 0.3) is 21.8 Å². The number of sulfonamides is 1. The summed E-state index contributed by atoms with van der Waals surface area (Å²) >= 11 is 8.09. The summed E-state index contributed by atoms with van der Waals surface area (Å²) in [6.45, 7) is 0.141. The van der Waals surface area contributed by atoms with Crippen LogP contribution < -0.4 is 15.6 Å². The number of rotatable bonds is 9. The summed E-state index contributed by atoms with van der Waals surface area (Å²) in [7, 11) is -4.03. The number of halogens is 1. The highest BCUT2D eigenvalue weighted by Crippen LogP contribution is 2.25. The number of nitrogens with zero attached hydrogens (tertiary/aromatic N) is 2. The fraction of sp³-hybridized carbons (Fsp3) is 0.0385. The molecular weight excluding hydrogens is 578 g/mol. The lowest BCUT2D eigenvalue weighted by Crippen LogP contribution is -2.41. The standard InChI is InChI=1S/C26H20ClN5O4S3/c27-19-7-3-17(4-8-19)24(33)28-15-21-11-12-23(38-21)39(35,36)31-30-25(34)22-16-37-26(29-22)18-5-9-20(10-6-18)32-13-1-2-14-32/h1-14,16,31H,15H2,(H,28,33)(H,30,34). The first-order valence-electron chi connectivity index (χ1n) is 11.4. The molecule has 5 aromatic rings. The van der Waals surface area contributed by atoms with Crippen molar-refractivity contribution in [3.63, 3.8) is 0 Å². The van der Waals surface area contributed by atoms with E-state index in [4.69, 9.17) is 11.6 Å². The Morgan fingerprint density at radius 2 is 1.64 bits per heavy atom.